The lowest BCUT2D eigenvalue weighted by Crippen LogP contribution is -2.45. The van der Waals surface area contributed by atoms with Gasteiger partial charge in [-0.05, 0) is 25.7 Å². The maximum Gasteiger partial charge on any atom is 0.305 e. The third-order valence-corrected chi connectivity index (χ3v) is 19.2. The Kier molecular flexibility index (Phi) is 74.3. The van der Waals surface area contributed by atoms with Gasteiger partial charge in [-0.25, -0.2) is 0 Å². The van der Waals surface area contributed by atoms with Crippen LogP contribution in [0.3, 0.4) is 0 Å². The van der Waals surface area contributed by atoms with Crippen molar-refractivity contribution >= 4 is 11.9 Å². The summed E-state index contributed by atoms with van der Waals surface area (Å²) in [6, 6.07) is -0.536. The molecule has 85 heavy (non-hydrogen) atoms. The lowest BCUT2D eigenvalue weighted by molar-refractivity contribution is -0.143. The number of aliphatic hydroxyl groups is 2. The largest absolute Gasteiger partial charge is 0.466 e. The highest BCUT2D eigenvalue weighted by Gasteiger charge is 2.20. The van der Waals surface area contributed by atoms with E-state index in [0.29, 0.717) is 25.9 Å². The second kappa shape index (κ2) is 75.3. The molecule has 508 valence electrons. The second-order valence-corrected chi connectivity index (χ2v) is 27.8. The van der Waals surface area contributed by atoms with E-state index < -0.39 is 12.1 Å². The molecule has 0 aromatic rings. The van der Waals surface area contributed by atoms with Crippen LogP contribution in [0.5, 0.6) is 0 Å². The number of carbonyl (C=O) groups is 2. The molecule has 0 saturated heterocycles. The number of carbonyl (C=O) groups excluding carboxylic acids is 2. The highest BCUT2D eigenvalue weighted by atomic mass is 16.5. The van der Waals surface area contributed by atoms with Gasteiger partial charge in [-0.1, -0.05) is 431 Å². The first-order valence-electron chi connectivity index (χ1n) is 39.8. The number of rotatable bonds is 76. The first-order chi connectivity index (χ1) is 42.0. The summed E-state index contributed by atoms with van der Waals surface area (Å²) in [7, 11) is 0. The minimum absolute atomic E-state index is 0.0254. The van der Waals surface area contributed by atoms with Crippen molar-refractivity contribution in [2.24, 2.45) is 0 Å². The molecule has 0 aromatic carbocycles. The zero-order valence-corrected chi connectivity index (χ0v) is 58.4. The van der Waals surface area contributed by atoms with E-state index in [0.717, 1.165) is 38.5 Å². The van der Waals surface area contributed by atoms with Crippen LogP contribution in [0.2, 0.25) is 0 Å². The molecule has 0 bridgehead atoms. The smallest absolute Gasteiger partial charge is 0.305 e. The Morgan fingerprint density at radius 2 is 0.482 bits per heavy atom. The number of amides is 1. The fourth-order valence-electron chi connectivity index (χ4n) is 13.1. The number of aliphatic hydroxyl groups excluding tert-OH is 2. The summed E-state index contributed by atoms with van der Waals surface area (Å²) in [6.45, 7) is 5.02. The molecule has 2 unspecified atom stereocenters. The van der Waals surface area contributed by atoms with E-state index in [1.54, 1.807) is 0 Å². The van der Waals surface area contributed by atoms with E-state index in [4.69, 9.17) is 4.74 Å². The van der Waals surface area contributed by atoms with Crippen molar-refractivity contribution in [3.8, 4) is 0 Å². The first-order valence-corrected chi connectivity index (χ1v) is 39.8. The topological polar surface area (TPSA) is 95.9 Å². The van der Waals surface area contributed by atoms with Gasteiger partial charge in [0.25, 0.3) is 0 Å². The SMILES string of the molecule is CCCCCCCCCCCCCCCCCCCCC(=O)OCCCCCCCCCCCCCCCCCCCCCCCCCCCCCCCCCCCCCC(=O)NC(CO)C(O)CCCCCCCCCCCCCCCCC. The van der Waals surface area contributed by atoms with Crippen molar-refractivity contribution in [2.75, 3.05) is 13.2 Å². The number of hydrogen-bond donors (Lipinski definition) is 3. The van der Waals surface area contributed by atoms with Crippen LogP contribution >= 0.6 is 0 Å². The molecule has 1 amide bonds. The third kappa shape index (κ3) is 71.8. The van der Waals surface area contributed by atoms with Crippen molar-refractivity contribution < 1.29 is 24.5 Å². The van der Waals surface area contributed by atoms with Crippen LogP contribution in [0.25, 0.3) is 0 Å². The molecular weight excluding hydrogens is 1040 g/mol. The summed E-state index contributed by atoms with van der Waals surface area (Å²) >= 11 is 0. The minimum atomic E-state index is -0.659. The Morgan fingerprint density at radius 3 is 0.718 bits per heavy atom. The van der Waals surface area contributed by atoms with Crippen molar-refractivity contribution in [2.45, 2.75) is 482 Å². The fraction of sp³-hybridized carbons (Fsp3) is 0.975. The van der Waals surface area contributed by atoms with Gasteiger partial charge in [0, 0.05) is 12.8 Å². The van der Waals surface area contributed by atoms with Crippen molar-refractivity contribution in [1.29, 1.82) is 0 Å². The van der Waals surface area contributed by atoms with Crippen molar-refractivity contribution in [3.63, 3.8) is 0 Å². The third-order valence-electron chi connectivity index (χ3n) is 19.2. The molecular formula is C79H157NO5. The van der Waals surface area contributed by atoms with E-state index in [1.165, 1.54) is 398 Å². The predicted octanol–water partition coefficient (Wildman–Crippen LogP) is 26.1. The number of unbranched alkanes of at least 4 members (excludes halogenated alkanes) is 65. The van der Waals surface area contributed by atoms with Gasteiger partial charge >= 0.3 is 5.97 Å². The van der Waals surface area contributed by atoms with Crippen LogP contribution in [0.15, 0.2) is 0 Å². The zero-order chi connectivity index (χ0) is 61.3. The van der Waals surface area contributed by atoms with Gasteiger partial charge in [0.1, 0.15) is 0 Å². The Morgan fingerprint density at radius 1 is 0.282 bits per heavy atom. The molecule has 3 N–H and O–H groups in total. The lowest BCUT2D eigenvalue weighted by Gasteiger charge is -2.22. The fourth-order valence-corrected chi connectivity index (χ4v) is 13.1. The Bertz CT molecular complexity index is 1240. The van der Waals surface area contributed by atoms with Gasteiger partial charge in [-0.15, -0.1) is 0 Å². The Labute approximate surface area is 534 Å². The Balaban J connectivity index is 3.28. The molecule has 0 radical (unpaired) electrons. The van der Waals surface area contributed by atoms with E-state index in [1.807, 2.05) is 0 Å². The summed E-state index contributed by atoms with van der Waals surface area (Å²) < 4.78 is 5.52. The zero-order valence-electron chi connectivity index (χ0n) is 58.4. The predicted molar refractivity (Wildman–Crippen MR) is 375 cm³/mol. The van der Waals surface area contributed by atoms with E-state index in [-0.39, 0.29) is 18.5 Å². The average molecular weight is 1200 g/mol. The van der Waals surface area contributed by atoms with E-state index in [2.05, 4.69) is 19.2 Å². The van der Waals surface area contributed by atoms with Crippen molar-refractivity contribution in [1.82, 2.24) is 5.32 Å². The standard InChI is InChI=1S/C79H157NO5/c1-3-5-7-9-11-13-15-17-19-20-41-45-49-53-57-61-65-69-73-79(84)85-74-70-66-62-58-54-50-46-42-39-37-35-33-31-29-27-25-23-21-22-24-26-28-30-32-34-36-38-40-44-48-52-56-60-64-68-72-78(83)80-76(75-81)77(82)71-67-63-59-55-51-47-43-18-16-14-12-10-8-6-4-2/h76-77,81-82H,3-75H2,1-2H3,(H,80,83). The van der Waals surface area contributed by atoms with Gasteiger partial charge in [-0.3, -0.25) is 9.59 Å². The monoisotopic (exact) mass is 1200 g/mol. The summed E-state index contributed by atoms with van der Waals surface area (Å²) in [5, 5.41) is 23.4. The van der Waals surface area contributed by atoms with Crippen LogP contribution in [-0.4, -0.2) is 47.4 Å². The molecule has 0 spiro atoms. The first kappa shape index (κ1) is 83.9. The van der Waals surface area contributed by atoms with Crippen LogP contribution in [0.1, 0.15) is 470 Å². The summed E-state index contributed by atoms with van der Waals surface area (Å²) in [5.41, 5.74) is 0. The summed E-state index contributed by atoms with van der Waals surface area (Å²) in [4.78, 5) is 24.6. The normalized spacial score (nSPS) is 12.4. The molecule has 0 aliphatic heterocycles. The van der Waals surface area contributed by atoms with Crippen LogP contribution < -0.4 is 5.32 Å². The number of hydrogen-bond acceptors (Lipinski definition) is 5. The number of nitrogens with one attached hydrogen (secondary N) is 1. The van der Waals surface area contributed by atoms with Gasteiger partial charge in [0.15, 0.2) is 0 Å². The minimum Gasteiger partial charge on any atom is -0.466 e. The summed E-state index contributed by atoms with van der Waals surface area (Å²) in [5.74, 6) is 0.00309. The number of esters is 1. The molecule has 6 heteroatoms. The van der Waals surface area contributed by atoms with Crippen LogP contribution in [0, 0.1) is 0 Å². The maximum absolute atomic E-state index is 12.5. The summed E-state index contributed by atoms with van der Waals surface area (Å²) in [6.07, 6.45) is 93.5. The molecule has 0 aliphatic carbocycles. The average Bonchev–Trinajstić information content (AvgIpc) is 3.52. The Hall–Kier alpha value is -1.14. The molecule has 0 heterocycles. The van der Waals surface area contributed by atoms with Crippen molar-refractivity contribution in [3.05, 3.63) is 0 Å². The molecule has 0 aromatic heterocycles. The number of ether oxygens (including phenoxy) is 1. The molecule has 2 atom stereocenters. The highest BCUT2D eigenvalue weighted by molar-refractivity contribution is 5.76. The molecule has 0 saturated carbocycles. The highest BCUT2D eigenvalue weighted by Crippen LogP contribution is 2.21. The van der Waals surface area contributed by atoms with Gasteiger partial charge in [-0.2, -0.15) is 0 Å². The maximum atomic E-state index is 12.5. The van der Waals surface area contributed by atoms with Gasteiger partial charge < -0.3 is 20.3 Å². The molecule has 0 rings (SSSR count). The van der Waals surface area contributed by atoms with Crippen LogP contribution in [-0.2, 0) is 14.3 Å². The van der Waals surface area contributed by atoms with E-state index >= 15 is 0 Å². The molecule has 6 nitrogen and oxygen atoms in total. The molecule has 0 aliphatic rings. The van der Waals surface area contributed by atoms with E-state index in [9.17, 15) is 19.8 Å². The molecule has 0 fully saturated rings. The van der Waals surface area contributed by atoms with Crippen LogP contribution in [0.4, 0.5) is 0 Å². The second-order valence-electron chi connectivity index (χ2n) is 27.8. The van der Waals surface area contributed by atoms with Gasteiger partial charge in [0.2, 0.25) is 5.91 Å². The quantitative estimate of drug-likeness (QED) is 0.0417. The van der Waals surface area contributed by atoms with Gasteiger partial charge in [0.05, 0.1) is 25.4 Å². The lowest BCUT2D eigenvalue weighted by atomic mass is 10.0.